The highest BCUT2D eigenvalue weighted by atomic mass is 79.9. The van der Waals surface area contributed by atoms with Gasteiger partial charge in [0.1, 0.15) is 0 Å². The molecule has 0 N–H and O–H groups in total. The zero-order valence-corrected chi connectivity index (χ0v) is 14.2. The van der Waals surface area contributed by atoms with E-state index in [2.05, 4.69) is 38.9 Å². The normalized spacial score (nSPS) is 18.9. The van der Waals surface area contributed by atoms with Crippen molar-refractivity contribution in [1.29, 1.82) is 0 Å². The van der Waals surface area contributed by atoms with Crippen molar-refractivity contribution in [2.75, 3.05) is 33.1 Å². The summed E-state index contributed by atoms with van der Waals surface area (Å²) in [6, 6.07) is 4.79. The Morgan fingerprint density at radius 1 is 1.45 bits per heavy atom. The van der Waals surface area contributed by atoms with E-state index in [1.54, 1.807) is 14.2 Å². The number of aromatic nitrogens is 1. The van der Waals surface area contributed by atoms with Crippen molar-refractivity contribution in [3.05, 3.63) is 30.1 Å². The molecule has 4 nitrogen and oxygen atoms in total. The first kappa shape index (κ1) is 17.6. The van der Waals surface area contributed by atoms with Crippen LogP contribution < -0.4 is 0 Å². The SMILES string of the molecule is CN1CCCC1c1cccnc1.COC(CCBr)OC. The van der Waals surface area contributed by atoms with Crippen LogP contribution in [0.5, 0.6) is 0 Å². The molecule has 0 aliphatic carbocycles. The molecule has 5 heteroatoms. The molecule has 0 amide bonds. The predicted molar refractivity (Wildman–Crippen MR) is 85.1 cm³/mol. The minimum atomic E-state index is -0.0469. The molecule has 0 bridgehead atoms. The maximum atomic E-state index is 4.89. The van der Waals surface area contributed by atoms with Gasteiger partial charge in [-0.05, 0) is 38.1 Å². The Hall–Kier alpha value is -0.490. The first-order valence-electron chi connectivity index (χ1n) is 6.94. The van der Waals surface area contributed by atoms with Gasteiger partial charge in [-0.2, -0.15) is 0 Å². The summed E-state index contributed by atoms with van der Waals surface area (Å²) >= 11 is 3.27. The van der Waals surface area contributed by atoms with E-state index in [-0.39, 0.29) is 6.29 Å². The number of pyridine rings is 1. The molecule has 114 valence electrons. The molecule has 1 aliphatic heterocycles. The number of rotatable bonds is 5. The van der Waals surface area contributed by atoms with Gasteiger partial charge < -0.3 is 9.47 Å². The lowest BCUT2D eigenvalue weighted by Crippen LogP contribution is -2.17. The van der Waals surface area contributed by atoms with Gasteiger partial charge >= 0.3 is 0 Å². The second kappa shape index (κ2) is 10.3. The molecule has 1 unspecified atom stereocenters. The van der Waals surface area contributed by atoms with Gasteiger partial charge in [-0.25, -0.2) is 0 Å². The van der Waals surface area contributed by atoms with Gasteiger partial charge in [-0.1, -0.05) is 22.0 Å². The van der Waals surface area contributed by atoms with Gasteiger partial charge in [0.05, 0.1) is 0 Å². The van der Waals surface area contributed by atoms with Crippen molar-refractivity contribution < 1.29 is 9.47 Å². The molecule has 2 heterocycles. The van der Waals surface area contributed by atoms with Crippen LogP contribution in [0.4, 0.5) is 0 Å². The Morgan fingerprint density at radius 2 is 2.20 bits per heavy atom. The van der Waals surface area contributed by atoms with Crippen LogP contribution in [0.1, 0.15) is 30.9 Å². The fourth-order valence-corrected chi connectivity index (χ4v) is 2.70. The zero-order chi connectivity index (χ0) is 14.8. The molecule has 0 spiro atoms. The highest BCUT2D eigenvalue weighted by Gasteiger charge is 2.21. The first-order valence-corrected chi connectivity index (χ1v) is 8.06. The maximum Gasteiger partial charge on any atom is 0.157 e. The zero-order valence-electron chi connectivity index (χ0n) is 12.6. The van der Waals surface area contributed by atoms with Crippen molar-refractivity contribution in [1.82, 2.24) is 9.88 Å². The monoisotopic (exact) mass is 344 g/mol. The van der Waals surface area contributed by atoms with Gasteiger partial charge in [-0.3, -0.25) is 9.88 Å². The number of halogens is 1. The molecule has 1 atom stereocenters. The molecule has 0 aromatic carbocycles. The quantitative estimate of drug-likeness (QED) is 0.606. The standard InChI is InChI=1S/C10H14N2.C5H11BrO2/c1-12-7-3-5-10(12)9-4-2-6-11-8-9;1-7-5(8-2)3-4-6/h2,4,6,8,10H,3,5,7H2,1H3;5H,3-4H2,1-2H3. The molecule has 0 radical (unpaired) electrons. The molecule has 1 saturated heterocycles. The van der Waals surface area contributed by atoms with Gasteiger partial charge in [-0.15, -0.1) is 0 Å². The summed E-state index contributed by atoms with van der Waals surface area (Å²) in [5.74, 6) is 0. The summed E-state index contributed by atoms with van der Waals surface area (Å²) in [7, 11) is 5.46. The van der Waals surface area contributed by atoms with Crippen molar-refractivity contribution in [2.24, 2.45) is 0 Å². The molecule has 2 rings (SSSR count). The molecule has 1 fully saturated rings. The second-order valence-corrected chi connectivity index (χ2v) is 5.60. The van der Waals surface area contributed by atoms with Gasteiger partial charge in [0.25, 0.3) is 0 Å². The molecule has 1 aromatic heterocycles. The van der Waals surface area contributed by atoms with E-state index in [9.17, 15) is 0 Å². The van der Waals surface area contributed by atoms with Gasteiger partial charge in [0.2, 0.25) is 0 Å². The fourth-order valence-electron chi connectivity index (χ4n) is 2.33. The lowest BCUT2D eigenvalue weighted by atomic mass is 10.1. The molecular weight excluding hydrogens is 320 g/mol. The van der Waals surface area contributed by atoms with E-state index in [0.717, 1.165) is 11.8 Å². The number of methoxy groups -OCH3 is 2. The Kier molecular flexibility index (Phi) is 9.02. The van der Waals surface area contributed by atoms with E-state index in [0.29, 0.717) is 6.04 Å². The van der Waals surface area contributed by atoms with Gasteiger partial charge in [0.15, 0.2) is 6.29 Å². The molecule has 1 aliphatic rings. The summed E-state index contributed by atoms with van der Waals surface area (Å²) in [6.07, 6.45) is 7.25. The van der Waals surface area contributed by atoms with Crippen LogP contribution in [0, 0.1) is 0 Å². The Bertz CT molecular complexity index is 347. The van der Waals surface area contributed by atoms with Crippen molar-refractivity contribution >= 4 is 15.9 Å². The van der Waals surface area contributed by atoms with Crippen molar-refractivity contribution in [3.63, 3.8) is 0 Å². The summed E-state index contributed by atoms with van der Waals surface area (Å²) < 4.78 is 9.78. The number of nitrogens with zero attached hydrogens (tertiary/aromatic N) is 2. The van der Waals surface area contributed by atoms with E-state index < -0.39 is 0 Å². The highest BCUT2D eigenvalue weighted by molar-refractivity contribution is 9.09. The third kappa shape index (κ3) is 5.87. The second-order valence-electron chi connectivity index (χ2n) is 4.80. The highest BCUT2D eigenvalue weighted by Crippen LogP contribution is 2.29. The molecule has 0 saturated carbocycles. The predicted octanol–water partition coefficient (Wildman–Crippen LogP) is 3.24. The Labute approximate surface area is 130 Å². The fraction of sp³-hybridized carbons (Fsp3) is 0.667. The summed E-state index contributed by atoms with van der Waals surface area (Å²) in [5.41, 5.74) is 1.36. The van der Waals surface area contributed by atoms with Crippen LogP contribution in [-0.4, -0.2) is 49.3 Å². The summed E-state index contributed by atoms with van der Waals surface area (Å²) in [6.45, 7) is 1.22. The maximum absolute atomic E-state index is 4.89. The molecule has 1 aromatic rings. The average molecular weight is 345 g/mol. The topological polar surface area (TPSA) is 34.6 Å². The molecule has 20 heavy (non-hydrogen) atoms. The number of alkyl halides is 1. The van der Waals surface area contributed by atoms with E-state index in [4.69, 9.17) is 9.47 Å². The van der Waals surface area contributed by atoms with E-state index >= 15 is 0 Å². The number of ether oxygens (including phenoxy) is 2. The number of likely N-dealkylation sites (tertiary alicyclic amines) is 1. The van der Waals surface area contributed by atoms with Crippen LogP contribution in [-0.2, 0) is 9.47 Å². The van der Waals surface area contributed by atoms with Crippen LogP contribution >= 0.6 is 15.9 Å². The van der Waals surface area contributed by atoms with Crippen molar-refractivity contribution in [2.45, 2.75) is 31.6 Å². The van der Waals surface area contributed by atoms with Crippen LogP contribution in [0.25, 0.3) is 0 Å². The van der Waals surface area contributed by atoms with Crippen LogP contribution in [0.2, 0.25) is 0 Å². The lowest BCUT2D eigenvalue weighted by molar-refractivity contribution is -0.102. The van der Waals surface area contributed by atoms with E-state index in [1.165, 1.54) is 24.9 Å². The minimum absolute atomic E-state index is 0.0469. The Morgan fingerprint density at radius 3 is 2.60 bits per heavy atom. The van der Waals surface area contributed by atoms with Crippen LogP contribution in [0.3, 0.4) is 0 Å². The van der Waals surface area contributed by atoms with Gasteiger partial charge in [0, 0.05) is 44.4 Å². The lowest BCUT2D eigenvalue weighted by Gasteiger charge is -2.18. The smallest absolute Gasteiger partial charge is 0.157 e. The summed E-state index contributed by atoms with van der Waals surface area (Å²) in [5, 5.41) is 0.916. The first-order chi connectivity index (χ1) is 9.72. The molecular formula is C15H25BrN2O2. The van der Waals surface area contributed by atoms with Crippen molar-refractivity contribution in [3.8, 4) is 0 Å². The summed E-state index contributed by atoms with van der Waals surface area (Å²) in [4.78, 5) is 6.54. The third-order valence-electron chi connectivity index (χ3n) is 3.46. The van der Waals surface area contributed by atoms with Crippen LogP contribution in [0.15, 0.2) is 24.5 Å². The van der Waals surface area contributed by atoms with E-state index in [1.807, 2.05) is 18.5 Å². The number of hydrogen-bond donors (Lipinski definition) is 0. The largest absolute Gasteiger partial charge is 0.356 e. The number of hydrogen-bond acceptors (Lipinski definition) is 4. The average Bonchev–Trinajstić information content (AvgIpc) is 2.92. The Balaban J connectivity index is 0.000000221. The third-order valence-corrected chi connectivity index (χ3v) is 3.92. The minimum Gasteiger partial charge on any atom is -0.356 e.